The van der Waals surface area contributed by atoms with Crippen LogP contribution in [-0.4, -0.2) is 30.3 Å². The van der Waals surface area contributed by atoms with E-state index < -0.39 is 0 Å². The molecule has 0 unspecified atom stereocenters. The number of hydrogen-bond donors (Lipinski definition) is 1. The Morgan fingerprint density at radius 3 is 2.38 bits per heavy atom. The zero-order valence-corrected chi connectivity index (χ0v) is 16.8. The van der Waals surface area contributed by atoms with Gasteiger partial charge in [-0.3, -0.25) is 9.59 Å². The second-order valence-corrected chi connectivity index (χ2v) is 8.39. The number of carbonyl (C=O) groups excluding carboxylic acids is 2. The quantitative estimate of drug-likeness (QED) is 0.874. The van der Waals surface area contributed by atoms with E-state index in [4.69, 9.17) is 0 Å². The van der Waals surface area contributed by atoms with Crippen molar-refractivity contribution < 1.29 is 9.59 Å². The summed E-state index contributed by atoms with van der Waals surface area (Å²) in [5.41, 5.74) is 5.40. The fraction of sp³-hybridized carbons (Fsp3) is 0.429. The van der Waals surface area contributed by atoms with Gasteiger partial charge in [0.25, 0.3) is 5.91 Å². The minimum absolute atomic E-state index is 0.0498. The van der Waals surface area contributed by atoms with Crippen molar-refractivity contribution in [2.24, 2.45) is 0 Å². The van der Waals surface area contributed by atoms with Crippen molar-refractivity contribution in [3.05, 3.63) is 50.2 Å². The van der Waals surface area contributed by atoms with Crippen molar-refractivity contribution in [3.8, 4) is 0 Å². The lowest BCUT2D eigenvalue weighted by Crippen LogP contribution is -2.34. The number of benzene rings is 1. The Labute approximate surface area is 159 Å². The summed E-state index contributed by atoms with van der Waals surface area (Å²) in [4.78, 5) is 28.7. The molecule has 138 valence electrons. The molecule has 2 amide bonds. The fourth-order valence-corrected chi connectivity index (χ4v) is 4.88. The van der Waals surface area contributed by atoms with E-state index in [1.54, 1.807) is 18.4 Å². The van der Waals surface area contributed by atoms with Gasteiger partial charge in [-0.2, -0.15) is 0 Å². The van der Waals surface area contributed by atoms with Gasteiger partial charge in [0.15, 0.2) is 0 Å². The first-order valence-corrected chi connectivity index (χ1v) is 9.91. The predicted molar refractivity (Wildman–Crippen MR) is 107 cm³/mol. The predicted octanol–water partition coefficient (Wildman–Crippen LogP) is 4.26. The molecule has 0 spiro atoms. The number of likely N-dealkylation sites (N-methyl/N-ethyl adjacent to an activating group) is 1. The van der Waals surface area contributed by atoms with Crippen LogP contribution in [0.25, 0.3) is 0 Å². The van der Waals surface area contributed by atoms with Gasteiger partial charge in [0.1, 0.15) is 0 Å². The van der Waals surface area contributed by atoms with E-state index in [1.165, 1.54) is 33.7 Å². The molecule has 0 saturated carbocycles. The summed E-state index contributed by atoms with van der Waals surface area (Å²) in [5.74, 6) is -0.242. The molecular weight excluding hydrogens is 344 g/mol. The molecule has 26 heavy (non-hydrogen) atoms. The summed E-state index contributed by atoms with van der Waals surface area (Å²) in [7, 11) is 1.69. The molecule has 2 aromatic rings. The highest BCUT2D eigenvalue weighted by Crippen LogP contribution is 2.30. The Kier molecular flexibility index (Phi) is 5.47. The number of rotatable bonds is 4. The average Bonchev–Trinajstić information content (AvgIpc) is 3.01. The van der Waals surface area contributed by atoms with Crippen LogP contribution < -0.4 is 5.32 Å². The van der Waals surface area contributed by atoms with Crippen LogP contribution in [0.2, 0.25) is 0 Å². The summed E-state index contributed by atoms with van der Waals surface area (Å²) in [5, 5.41) is 2.96. The first-order chi connectivity index (χ1) is 12.3. The number of carbonyl (C=O) groups is 2. The summed E-state index contributed by atoms with van der Waals surface area (Å²) in [6.45, 7) is 6.06. The Morgan fingerprint density at radius 1 is 1.08 bits per heavy atom. The highest BCUT2D eigenvalue weighted by Gasteiger charge is 2.21. The molecule has 1 N–H and O–H groups in total. The third-order valence-electron chi connectivity index (χ3n) is 4.88. The van der Waals surface area contributed by atoms with Crippen molar-refractivity contribution in [2.75, 3.05) is 18.9 Å². The number of amides is 2. The second-order valence-electron chi connectivity index (χ2n) is 7.25. The van der Waals surface area contributed by atoms with Crippen molar-refractivity contribution >= 4 is 28.8 Å². The van der Waals surface area contributed by atoms with Crippen LogP contribution in [0.1, 0.15) is 49.6 Å². The SMILES string of the molecule is Cc1cc(C)c(NC(=O)CN(C)C(=O)c2cc3c(s2)CCCC3)c(C)c1. The largest absolute Gasteiger partial charge is 0.332 e. The first-order valence-electron chi connectivity index (χ1n) is 9.10. The van der Waals surface area contributed by atoms with Crippen LogP contribution in [0.3, 0.4) is 0 Å². The lowest BCUT2D eigenvalue weighted by atomic mass is 9.99. The Balaban J connectivity index is 1.65. The van der Waals surface area contributed by atoms with Crippen molar-refractivity contribution in [1.29, 1.82) is 0 Å². The molecule has 1 aromatic carbocycles. The average molecular weight is 371 g/mol. The van der Waals surface area contributed by atoms with Gasteiger partial charge in [-0.05, 0) is 69.2 Å². The van der Waals surface area contributed by atoms with Gasteiger partial charge in [0.05, 0.1) is 11.4 Å². The van der Waals surface area contributed by atoms with Crippen LogP contribution in [0.15, 0.2) is 18.2 Å². The summed E-state index contributed by atoms with van der Waals surface area (Å²) >= 11 is 1.59. The molecular formula is C21H26N2O2S. The Hall–Kier alpha value is -2.14. The van der Waals surface area contributed by atoms with E-state index in [0.717, 1.165) is 34.5 Å². The number of anilines is 1. The van der Waals surface area contributed by atoms with E-state index in [2.05, 4.69) is 5.32 Å². The van der Waals surface area contributed by atoms with E-state index in [9.17, 15) is 9.59 Å². The molecule has 0 fully saturated rings. The third-order valence-corrected chi connectivity index (χ3v) is 6.10. The molecule has 1 aliphatic rings. The van der Waals surface area contributed by atoms with Gasteiger partial charge < -0.3 is 10.2 Å². The topological polar surface area (TPSA) is 49.4 Å². The van der Waals surface area contributed by atoms with Crippen LogP contribution in [0, 0.1) is 20.8 Å². The molecule has 1 heterocycles. The van der Waals surface area contributed by atoms with Crippen LogP contribution in [0.4, 0.5) is 5.69 Å². The highest BCUT2D eigenvalue weighted by atomic mass is 32.1. The maximum absolute atomic E-state index is 12.7. The molecule has 0 aliphatic heterocycles. The smallest absolute Gasteiger partial charge is 0.264 e. The normalized spacial score (nSPS) is 13.2. The highest BCUT2D eigenvalue weighted by molar-refractivity contribution is 7.14. The maximum Gasteiger partial charge on any atom is 0.264 e. The van der Waals surface area contributed by atoms with Crippen LogP contribution in [0.5, 0.6) is 0 Å². The summed E-state index contributed by atoms with van der Waals surface area (Å²) in [6.07, 6.45) is 4.54. The number of fused-ring (bicyclic) bond motifs is 1. The van der Waals surface area contributed by atoms with Crippen molar-refractivity contribution in [3.63, 3.8) is 0 Å². The summed E-state index contributed by atoms with van der Waals surface area (Å²) < 4.78 is 0. The zero-order chi connectivity index (χ0) is 18.8. The molecule has 1 aromatic heterocycles. The van der Waals surface area contributed by atoms with Gasteiger partial charge in [0, 0.05) is 17.6 Å². The van der Waals surface area contributed by atoms with Gasteiger partial charge in [-0.1, -0.05) is 17.7 Å². The van der Waals surface area contributed by atoms with E-state index in [-0.39, 0.29) is 18.4 Å². The van der Waals surface area contributed by atoms with E-state index >= 15 is 0 Å². The molecule has 0 radical (unpaired) electrons. The fourth-order valence-electron chi connectivity index (χ4n) is 3.63. The molecule has 0 bridgehead atoms. The van der Waals surface area contributed by atoms with E-state index in [0.29, 0.717) is 0 Å². The molecule has 1 aliphatic carbocycles. The lowest BCUT2D eigenvalue weighted by Gasteiger charge is -2.18. The van der Waals surface area contributed by atoms with Crippen molar-refractivity contribution in [2.45, 2.75) is 46.5 Å². The van der Waals surface area contributed by atoms with Gasteiger partial charge in [-0.15, -0.1) is 11.3 Å². The minimum atomic E-state index is -0.169. The molecule has 0 atom stereocenters. The first kappa shape index (κ1) is 18.6. The minimum Gasteiger partial charge on any atom is -0.332 e. The van der Waals surface area contributed by atoms with Crippen LogP contribution in [-0.2, 0) is 17.6 Å². The molecule has 4 nitrogen and oxygen atoms in total. The number of aryl methyl sites for hydroxylation is 5. The molecule has 5 heteroatoms. The van der Waals surface area contributed by atoms with Gasteiger partial charge in [-0.25, -0.2) is 0 Å². The summed E-state index contributed by atoms with van der Waals surface area (Å²) in [6, 6.07) is 6.12. The lowest BCUT2D eigenvalue weighted by molar-refractivity contribution is -0.116. The number of nitrogens with zero attached hydrogens (tertiary/aromatic N) is 1. The zero-order valence-electron chi connectivity index (χ0n) is 15.9. The van der Waals surface area contributed by atoms with E-state index in [1.807, 2.05) is 39.0 Å². The monoisotopic (exact) mass is 370 g/mol. The molecule has 3 rings (SSSR count). The Bertz CT molecular complexity index is 807. The standard InChI is InChI=1S/C21H26N2O2S/c1-13-9-14(2)20(15(3)10-13)22-19(24)12-23(4)21(25)18-11-16-7-5-6-8-17(16)26-18/h9-11H,5-8,12H2,1-4H3,(H,22,24). The Morgan fingerprint density at radius 2 is 1.73 bits per heavy atom. The van der Waals surface area contributed by atoms with Crippen LogP contribution >= 0.6 is 11.3 Å². The van der Waals surface area contributed by atoms with Crippen molar-refractivity contribution in [1.82, 2.24) is 4.90 Å². The third kappa shape index (κ3) is 3.98. The maximum atomic E-state index is 12.7. The van der Waals surface area contributed by atoms with Gasteiger partial charge in [0.2, 0.25) is 5.91 Å². The number of thiophene rings is 1. The molecule has 0 saturated heterocycles. The van der Waals surface area contributed by atoms with Gasteiger partial charge >= 0.3 is 0 Å². The number of nitrogens with one attached hydrogen (secondary N) is 1. The number of hydrogen-bond acceptors (Lipinski definition) is 3. The second kappa shape index (κ2) is 7.62.